The molecule has 1 aromatic rings. The molecule has 1 aromatic heterocycles. The molecule has 0 bridgehead atoms. The van der Waals surface area contributed by atoms with Crippen LogP contribution in [0.15, 0.2) is 12.3 Å². The maximum atomic E-state index is 11.1. The summed E-state index contributed by atoms with van der Waals surface area (Å²) in [7, 11) is -3.42. The first-order valence-corrected chi connectivity index (χ1v) is 6.05. The Bertz CT molecular complexity index is 426. The molecule has 3 N–H and O–H groups in total. The van der Waals surface area contributed by atoms with Crippen LogP contribution in [-0.2, 0) is 10.0 Å². The smallest absolute Gasteiger partial charge is 0.236 e. The third-order valence-corrected chi connectivity index (χ3v) is 3.14. The molecule has 0 spiro atoms. The van der Waals surface area contributed by atoms with Gasteiger partial charge >= 0.3 is 0 Å². The molecule has 7 heteroatoms. The van der Waals surface area contributed by atoms with Crippen LogP contribution < -0.4 is 5.73 Å². The van der Waals surface area contributed by atoms with Crippen molar-refractivity contribution in [3.05, 3.63) is 23.0 Å². The van der Waals surface area contributed by atoms with Crippen molar-refractivity contribution in [1.82, 2.24) is 3.97 Å². The summed E-state index contributed by atoms with van der Waals surface area (Å²) in [5, 5.41) is 9.38. The standard InChI is InChI=1S/C7H11ClN2O3S/c1-14(12,13)10-4-5(2-7(10)8)6(11)3-9/h2,4,6,11H,3,9H2,1H3. The lowest BCUT2D eigenvalue weighted by atomic mass is 10.2. The van der Waals surface area contributed by atoms with Crippen LogP contribution in [-0.4, -0.2) is 30.3 Å². The highest BCUT2D eigenvalue weighted by Gasteiger charge is 2.15. The normalized spacial score (nSPS) is 14.3. The van der Waals surface area contributed by atoms with Crippen molar-refractivity contribution in [1.29, 1.82) is 0 Å². The molecule has 80 valence electrons. The van der Waals surface area contributed by atoms with E-state index in [4.69, 9.17) is 17.3 Å². The van der Waals surface area contributed by atoms with Crippen molar-refractivity contribution < 1.29 is 13.5 Å². The molecule has 0 aliphatic heterocycles. The largest absolute Gasteiger partial charge is 0.387 e. The van der Waals surface area contributed by atoms with E-state index in [1.165, 1.54) is 12.3 Å². The third-order valence-electron chi connectivity index (χ3n) is 1.73. The summed E-state index contributed by atoms with van der Waals surface area (Å²) in [5.41, 5.74) is 5.61. The van der Waals surface area contributed by atoms with Gasteiger partial charge in [0.2, 0.25) is 10.0 Å². The molecule has 1 heterocycles. The van der Waals surface area contributed by atoms with E-state index < -0.39 is 16.1 Å². The van der Waals surface area contributed by atoms with Gasteiger partial charge in [-0.2, -0.15) is 0 Å². The molecule has 5 nitrogen and oxygen atoms in total. The van der Waals surface area contributed by atoms with Gasteiger partial charge < -0.3 is 10.8 Å². The number of hydrogen-bond donors (Lipinski definition) is 2. The number of aromatic nitrogens is 1. The second-order valence-corrected chi connectivity index (χ2v) is 5.15. The monoisotopic (exact) mass is 238 g/mol. The predicted octanol–water partition coefficient (Wildman–Crippen LogP) is -0.0587. The zero-order valence-corrected chi connectivity index (χ0v) is 9.09. The van der Waals surface area contributed by atoms with Crippen LogP contribution in [0.5, 0.6) is 0 Å². The molecule has 1 unspecified atom stereocenters. The van der Waals surface area contributed by atoms with Crippen LogP contribution in [0.1, 0.15) is 11.7 Å². The average Bonchev–Trinajstić information content (AvgIpc) is 2.45. The summed E-state index contributed by atoms with van der Waals surface area (Å²) < 4.78 is 23.2. The van der Waals surface area contributed by atoms with Crippen molar-refractivity contribution in [2.24, 2.45) is 5.73 Å². The number of hydrogen-bond acceptors (Lipinski definition) is 4. The first-order valence-electron chi connectivity index (χ1n) is 3.82. The van der Waals surface area contributed by atoms with Gasteiger partial charge in [-0.15, -0.1) is 0 Å². The summed E-state index contributed by atoms with van der Waals surface area (Å²) >= 11 is 5.66. The minimum atomic E-state index is -3.42. The Morgan fingerprint density at radius 3 is 2.64 bits per heavy atom. The second-order valence-electron chi connectivity index (χ2n) is 2.91. The van der Waals surface area contributed by atoms with Crippen molar-refractivity contribution in [3.8, 4) is 0 Å². The van der Waals surface area contributed by atoms with Crippen molar-refractivity contribution in [2.75, 3.05) is 12.8 Å². The van der Waals surface area contributed by atoms with E-state index in [9.17, 15) is 13.5 Å². The van der Waals surface area contributed by atoms with Crippen LogP contribution in [0.4, 0.5) is 0 Å². The number of aliphatic hydroxyl groups excluding tert-OH is 1. The topological polar surface area (TPSA) is 85.3 Å². The number of halogens is 1. The highest BCUT2D eigenvalue weighted by atomic mass is 35.5. The fraction of sp³-hybridized carbons (Fsp3) is 0.429. The Kier molecular flexibility index (Phi) is 3.20. The van der Waals surface area contributed by atoms with Crippen LogP contribution in [0, 0.1) is 0 Å². The first-order chi connectivity index (χ1) is 6.36. The maximum absolute atomic E-state index is 11.1. The van der Waals surface area contributed by atoms with E-state index >= 15 is 0 Å². The van der Waals surface area contributed by atoms with Crippen molar-refractivity contribution >= 4 is 21.6 Å². The van der Waals surface area contributed by atoms with Gasteiger partial charge in [-0.1, -0.05) is 11.6 Å². The van der Waals surface area contributed by atoms with Crippen LogP contribution in [0.2, 0.25) is 5.15 Å². The molecule has 0 aliphatic rings. The van der Waals surface area contributed by atoms with E-state index in [0.29, 0.717) is 5.56 Å². The number of nitrogens with two attached hydrogens (primary N) is 1. The van der Waals surface area contributed by atoms with Gasteiger partial charge in [0.05, 0.1) is 12.4 Å². The van der Waals surface area contributed by atoms with E-state index in [0.717, 1.165) is 10.2 Å². The summed E-state index contributed by atoms with van der Waals surface area (Å²) in [4.78, 5) is 0. The van der Waals surface area contributed by atoms with Gasteiger partial charge in [-0.25, -0.2) is 12.4 Å². The predicted molar refractivity (Wildman–Crippen MR) is 53.7 cm³/mol. The molecule has 0 fully saturated rings. The minimum Gasteiger partial charge on any atom is -0.387 e. The summed E-state index contributed by atoms with van der Waals surface area (Å²) in [6.45, 7) is 0.0180. The average molecular weight is 239 g/mol. The Labute approximate surface area is 87.1 Å². The minimum absolute atomic E-state index is 0.0180. The molecular weight excluding hydrogens is 228 g/mol. The van der Waals surface area contributed by atoms with Crippen LogP contribution in [0.25, 0.3) is 0 Å². The fourth-order valence-electron chi connectivity index (χ4n) is 1.01. The van der Waals surface area contributed by atoms with Gasteiger partial charge in [-0.3, -0.25) is 0 Å². The van der Waals surface area contributed by atoms with Gasteiger partial charge in [0.1, 0.15) is 5.15 Å². The summed E-state index contributed by atoms with van der Waals surface area (Å²) in [6.07, 6.45) is 1.39. The lowest BCUT2D eigenvalue weighted by Gasteiger charge is -2.03. The van der Waals surface area contributed by atoms with E-state index in [2.05, 4.69) is 0 Å². The number of rotatable bonds is 3. The highest BCUT2D eigenvalue weighted by molar-refractivity contribution is 7.89. The Morgan fingerprint density at radius 1 is 1.71 bits per heavy atom. The Hall–Kier alpha value is -0.560. The van der Waals surface area contributed by atoms with E-state index in [1.807, 2.05) is 0 Å². The molecule has 1 rings (SSSR count). The van der Waals surface area contributed by atoms with Gasteiger partial charge in [0.25, 0.3) is 0 Å². The van der Waals surface area contributed by atoms with E-state index in [1.54, 1.807) is 0 Å². The molecule has 0 amide bonds. The molecule has 0 saturated heterocycles. The lowest BCUT2D eigenvalue weighted by molar-refractivity contribution is 0.187. The summed E-state index contributed by atoms with van der Waals surface area (Å²) in [5.74, 6) is 0. The van der Waals surface area contributed by atoms with Crippen LogP contribution >= 0.6 is 11.6 Å². The molecule has 0 saturated carbocycles. The fourth-order valence-corrected chi connectivity index (χ4v) is 2.24. The van der Waals surface area contributed by atoms with E-state index in [-0.39, 0.29) is 11.7 Å². The molecule has 0 aliphatic carbocycles. The second kappa shape index (κ2) is 3.90. The Morgan fingerprint density at radius 2 is 2.29 bits per heavy atom. The lowest BCUT2D eigenvalue weighted by Crippen LogP contribution is -2.12. The Balaban J connectivity index is 3.18. The SMILES string of the molecule is CS(=O)(=O)n1cc(C(O)CN)cc1Cl. The third kappa shape index (κ3) is 2.27. The zero-order chi connectivity index (χ0) is 10.9. The maximum Gasteiger partial charge on any atom is 0.236 e. The van der Waals surface area contributed by atoms with Crippen LogP contribution in [0.3, 0.4) is 0 Å². The first kappa shape index (κ1) is 11.5. The molecule has 0 aromatic carbocycles. The highest BCUT2D eigenvalue weighted by Crippen LogP contribution is 2.21. The van der Waals surface area contributed by atoms with Gasteiger partial charge in [0, 0.05) is 18.3 Å². The molecule has 1 atom stereocenters. The van der Waals surface area contributed by atoms with Crippen molar-refractivity contribution in [2.45, 2.75) is 6.10 Å². The summed E-state index contributed by atoms with van der Waals surface area (Å²) in [6, 6.07) is 1.38. The van der Waals surface area contributed by atoms with Gasteiger partial charge in [-0.05, 0) is 6.07 Å². The zero-order valence-electron chi connectivity index (χ0n) is 7.51. The molecule has 14 heavy (non-hydrogen) atoms. The quantitative estimate of drug-likeness (QED) is 0.773. The number of nitrogens with zero attached hydrogens (tertiary/aromatic N) is 1. The van der Waals surface area contributed by atoms with Crippen molar-refractivity contribution in [3.63, 3.8) is 0 Å². The molecule has 0 radical (unpaired) electrons. The molecular formula is C7H11ClN2O3S. The van der Waals surface area contributed by atoms with Gasteiger partial charge in [0.15, 0.2) is 0 Å². The number of aliphatic hydroxyl groups is 1.